The van der Waals surface area contributed by atoms with Crippen LogP contribution in [0.3, 0.4) is 0 Å². The highest BCUT2D eigenvalue weighted by atomic mass is 127. The number of hydrogen-bond acceptors (Lipinski definition) is 3. The Hall–Kier alpha value is -0.690. The second-order valence-electron chi connectivity index (χ2n) is 5.19. The molecule has 0 radical (unpaired) electrons. The van der Waals surface area contributed by atoms with Crippen molar-refractivity contribution in [3.8, 4) is 0 Å². The zero-order valence-electron chi connectivity index (χ0n) is 10.3. The Balaban J connectivity index is 1.82. The first kappa shape index (κ1) is 12.3. The molecule has 1 amide bonds. The topological polar surface area (TPSA) is 45.2 Å². The molecule has 1 aromatic rings. The highest BCUT2D eigenvalue weighted by molar-refractivity contribution is 14.1. The van der Waals surface area contributed by atoms with E-state index >= 15 is 0 Å². The number of carbonyl (C=O) groups is 1. The number of likely N-dealkylation sites (N-methyl/N-ethyl adjacent to an activating group) is 1. The lowest BCUT2D eigenvalue weighted by atomic mass is 9.96. The van der Waals surface area contributed by atoms with Crippen LogP contribution in [0, 0.1) is 3.57 Å². The minimum atomic E-state index is -0.317. The third-order valence-corrected chi connectivity index (χ3v) is 4.71. The average molecular weight is 357 g/mol. The van der Waals surface area contributed by atoms with Gasteiger partial charge in [0.05, 0.1) is 11.7 Å². The minimum absolute atomic E-state index is 0.218. The van der Waals surface area contributed by atoms with Gasteiger partial charge in [-0.25, -0.2) is 0 Å². The molecule has 2 aliphatic rings. The van der Waals surface area contributed by atoms with Gasteiger partial charge in [0.2, 0.25) is 5.91 Å². The molecular formula is C13H16IN3O. The maximum Gasteiger partial charge on any atom is 0.242 e. The smallest absolute Gasteiger partial charge is 0.242 e. The molecule has 1 N–H and O–H groups in total. The predicted molar refractivity (Wildman–Crippen MR) is 77.0 cm³/mol. The molecule has 5 heteroatoms. The molecular weight excluding hydrogens is 341 g/mol. The maximum atomic E-state index is 12.2. The maximum absolute atomic E-state index is 12.2. The Kier molecular flexibility index (Phi) is 3.05. The van der Waals surface area contributed by atoms with E-state index in [1.807, 2.05) is 24.2 Å². The summed E-state index contributed by atoms with van der Waals surface area (Å²) in [4.78, 5) is 18.5. The van der Waals surface area contributed by atoms with Gasteiger partial charge in [-0.3, -0.25) is 15.1 Å². The standard InChI is InChI=1S/C13H16IN3O/c1-17-7-5-13(12(17)18)4-2-10(16-13)11-8-9(14)3-6-15-11/h3,6,8,10,16H,2,4-5,7H2,1H3. The number of hydrogen-bond donors (Lipinski definition) is 1. The second-order valence-corrected chi connectivity index (χ2v) is 6.44. The molecule has 2 aliphatic heterocycles. The van der Waals surface area contributed by atoms with E-state index in [0.29, 0.717) is 0 Å². The number of nitrogens with one attached hydrogen (secondary N) is 1. The summed E-state index contributed by atoms with van der Waals surface area (Å²) in [5, 5.41) is 3.53. The van der Waals surface area contributed by atoms with Crippen LogP contribution >= 0.6 is 22.6 Å². The first-order valence-corrected chi connectivity index (χ1v) is 7.33. The van der Waals surface area contributed by atoms with Crippen LogP contribution in [0.2, 0.25) is 0 Å². The molecule has 3 heterocycles. The summed E-state index contributed by atoms with van der Waals surface area (Å²) in [7, 11) is 1.88. The normalized spacial score (nSPS) is 31.6. The number of nitrogens with zero attached hydrogens (tertiary/aromatic N) is 2. The Labute approximate surface area is 120 Å². The van der Waals surface area contributed by atoms with Gasteiger partial charge in [0.1, 0.15) is 5.54 Å². The van der Waals surface area contributed by atoms with E-state index in [4.69, 9.17) is 0 Å². The van der Waals surface area contributed by atoms with Gasteiger partial charge in [0.25, 0.3) is 0 Å². The van der Waals surface area contributed by atoms with Gasteiger partial charge in [-0.15, -0.1) is 0 Å². The molecule has 18 heavy (non-hydrogen) atoms. The van der Waals surface area contributed by atoms with E-state index < -0.39 is 0 Å². The van der Waals surface area contributed by atoms with Gasteiger partial charge in [-0.2, -0.15) is 0 Å². The number of pyridine rings is 1. The zero-order valence-corrected chi connectivity index (χ0v) is 12.5. The van der Waals surface area contributed by atoms with Crippen molar-refractivity contribution in [2.75, 3.05) is 13.6 Å². The molecule has 1 aromatic heterocycles. The van der Waals surface area contributed by atoms with E-state index in [0.717, 1.165) is 31.5 Å². The number of halogens is 1. The van der Waals surface area contributed by atoms with Crippen LogP contribution in [0.15, 0.2) is 18.3 Å². The van der Waals surface area contributed by atoms with Gasteiger partial charge >= 0.3 is 0 Å². The SMILES string of the molecule is CN1CCC2(CCC(c3cc(I)ccn3)N2)C1=O. The molecule has 96 valence electrons. The third-order valence-electron chi connectivity index (χ3n) is 4.04. The van der Waals surface area contributed by atoms with E-state index in [1.165, 1.54) is 3.57 Å². The summed E-state index contributed by atoms with van der Waals surface area (Å²) in [6, 6.07) is 4.30. The minimum Gasteiger partial charge on any atom is -0.344 e. The molecule has 0 bridgehead atoms. The number of aromatic nitrogens is 1. The lowest BCUT2D eigenvalue weighted by Gasteiger charge is -2.23. The monoisotopic (exact) mass is 357 g/mol. The van der Waals surface area contributed by atoms with Gasteiger partial charge in [0.15, 0.2) is 0 Å². The van der Waals surface area contributed by atoms with Gasteiger partial charge < -0.3 is 4.90 Å². The second kappa shape index (κ2) is 4.45. The highest BCUT2D eigenvalue weighted by Gasteiger charge is 2.50. The van der Waals surface area contributed by atoms with Crippen LogP contribution in [-0.2, 0) is 4.79 Å². The van der Waals surface area contributed by atoms with Crippen LogP contribution in [-0.4, -0.2) is 34.9 Å². The quantitative estimate of drug-likeness (QED) is 0.779. The molecule has 3 rings (SSSR count). The molecule has 2 atom stereocenters. The Morgan fingerprint density at radius 3 is 3.06 bits per heavy atom. The molecule has 2 saturated heterocycles. The largest absolute Gasteiger partial charge is 0.344 e. The molecule has 1 spiro atoms. The van der Waals surface area contributed by atoms with Crippen LogP contribution in [0.1, 0.15) is 31.0 Å². The first-order valence-electron chi connectivity index (χ1n) is 6.25. The van der Waals surface area contributed by atoms with Crippen LogP contribution in [0.5, 0.6) is 0 Å². The molecule has 0 aromatic carbocycles. The summed E-state index contributed by atoms with van der Waals surface area (Å²) in [6.07, 6.45) is 4.68. The van der Waals surface area contributed by atoms with Crippen LogP contribution in [0.4, 0.5) is 0 Å². The Morgan fingerprint density at radius 2 is 2.39 bits per heavy atom. The van der Waals surface area contributed by atoms with E-state index in [-0.39, 0.29) is 17.5 Å². The third kappa shape index (κ3) is 1.93. The van der Waals surface area contributed by atoms with Crippen LogP contribution < -0.4 is 5.32 Å². The van der Waals surface area contributed by atoms with E-state index in [9.17, 15) is 4.79 Å². The number of rotatable bonds is 1. The van der Waals surface area contributed by atoms with E-state index in [1.54, 1.807) is 0 Å². The first-order chi connectivity index (χ1) is 8.61. The summed E-state index contributed by atoms with van der Waals surface area (Å²) in [6.45, 7) is 0.859. The Morgan fingerprint density at radius 1 is 1.56 bits per heavy atom. The fourth-order valence-electron chi connectivity index (χ4n) is 3.00. The zero-order chi connectivity index (χ0) is 12.8. The predicted octanol–water partition coefficient (Wildman–Crippen LogP) is 1.71. The molecule has 0 saturated carbocycles. The lowest BCUT2D eigenvalue weighted by Crippen LogP contribution is -2.47. The van der Waals surface area contributed by atoms with E-state index in [2.05, 4.69) is 39.0 Å². The molecule has 2 fully saturated rings. The summed E-state index contributed by atoms with van der Waals surface area (Å²) in [5.41, 5.74) is 0.740. The van der Waals surface area contributed by atoms with Gasteiger partial charge in [0, 0.05) is 23.4 Å². The van der Waals surface area contributed by atoms with Crippen molar-refractivity contribution in [2.45, 2.75) is 30.8 Å². The highest BCUT2D eigenvalue weighted by Crippen LogP contribution is 2.38. The lowest BCUT2D eigenvalue weighted by molar-refractivity contribution is -0.131. The van der Waals surface area contributed by atoms with Gasteiger partial charge in [-0.1, -0.05) is 0 Å². The average Bonchev–Trinajstić information content (AvgIpc) is 2.91. The van der Waals surface area contributed by atoms with Crippen LogP contribution in [0.25, 0.3) is 0 Å². The number of carbonyl (C=O) groups excluding carboxylic acids is 1. The molecule has 2 unspecified atom stereocenters. The van der Waals surface area contributed by atoms with Crippen molar-refractivity contribution in [1.82, 2.24) is 15.2 Å². The Bertz CT molecular complexity index is 493. The van der Waals surface area contributed by atoms with Crippen molar-refractivity contribution in [3.63, 3.8) is 0 Å². The van der Waals surface area contributed by atoms with Crippen molar-refractivity contribution in [3.05, 3.63) is 27.6 Å². The van der Waals surface area contributed by atoms with Crippen molar-refractivity contribution in [1.29, 1.82) is 0 Å². The van der Waals surface area contributed by atoms with Crippen molar-refractivity contribution < 1.29 is 4.79 Å². The summed E-state index contributed by atoms with van der Waals surface area (Å²) in [5.74, 6) is 0.246. The fourth-order valence-corrected chi connectivity index (χ4v) is 3.48. The number of likely N-dealkylation sites (tertiary alicyclic amines) is 1. The van der Waals surface area contributed by atoms with Gasteiger partial charge in [-0.05, 0) is 54.0 Å². The molecule has 0 aliphatic carbocycles. The fraction of sp³-hybridized carbons (Fsp3) is 0.538. The number of amides is 1. The molecule has 4 nitrogen and oxygen atoms in total. The van der Waals surface area contributed by atoms with Crippen molar-refractivity contribution in [2.24, 2.45) is 0 Å². The van der Waals surface area contributed by atoms with Crippen molar-refractivity contribution >= 4 is 28.5 Å². The summed E-state index contributed by atoms with van der Waals surface area (Å²) >= 11 is 2.30. The summed E-state index contributed by atoms with van der Waals surface area (Å²) < 4.78 is 1.19.